The Bertz CT molecular complexity index is 489. The number of aryl methyl sites for hydroxylation is 1. The van der Waals surface area contributed by atoms with Crippen LogP contribution < -0.4 is 9.46 Å². The molecule has 2 rings (SSSR count). The zero-order chi connectivity index (χ0) is 15.2. The van der Waals surface area contributed by atoms with E-state index in [9.17, 15) is 9.18 Å². The third-order valence-corrected chi connectivity index (χ3v) is 4.27. The average molecular weight is 311 g/mol. The van der Waals surface area contributed by atoms with Crippen molar-refractivity contribution in [2.24, 2.45) is 0 Å². The Labute approximate surface area is 129 Å². The number of carbonyl (C=O) groups excluding carboxylic acids is 1. The van der Waals surface area contributed by atoms with Crippen molar-refractivity contribution in [3.63, 3.8) is 0 Å². The molecule has 0 saturated heterocycles. The fourth-order valence-corrected chi connectivity index (χ4v) is 2.94. The highest BCUT2D eigenvalue weighted by Crippen LogP contribution is 2.28. The first-order valence-electron chi connectivity index (χ1n) is 7.37. The van der Waals surface area contributed by atoms with Crippen LogP contribution in [0, 0.1) is 5.82 Å². The smallest absolute Gasteiger partial charge is 0.132 e. The molecule has 0 aliphatic heterocycles. The first-order chi connectivity index (χ1) is 10.1. The van der Waals surface area contributed by atoms with E-state index in [0.717, 1.165) is 18.4 Å². The molecule has 0 amide bonds. The second-order valence-electron chi connectivity index (χ2n) is 5.42. The van der Waals surface area contributed by atoms with Gasteiger partial charge in [-0.05, 0) is 30.4 Å². The van der Waals surface area contributed by atoms with Gasteiger partial charge in [-0.15, -0.1) is 0 Å². The summed E-state index contributed by atoms with van der Waals surface area (Å²) in [4.78, 5) is 11.4. The molecule has 0 atom stereocenters. The molecule has 21 heavy (non-hydrogen) atoms. The van der Waals surface area contributed by atoms with Crippen molar-refractivity contribution in [3.8, 4) is 5.75 Å². The van der Waals surface area contributed by atoms with Crippen LogP contribution in [-0.4, -0.2) is 24.2 Å². The second kappa shape index (κ2) is 7.80. The number of rotatable bonds is 8. The van der Waals surface area contributed by atoms with Gasteiger partial charge < -0.3 is 4.74 Å². The van der Waals surface area contributed by atoms with Gasteiger partial charge in [-0.3, -0.25) is 9.52 Å². The van der Waals surface area contributed by atoms with Crippen LogP contribution in [0.3, 0.4) is 0 Å². The minimum atomic E-state index is -0.301. The Morgan fingerprint density at radius 3 is 2.86 bits per heavy atom. The van der Waals surface area contributed by atoms with Gasteiger partial charge in [-0.1, -0.05) is 18.9 Å². The normalized spacial score (nSPS) is 20.9. The molecule has 1 aliphatic rings. The lowest BCUT2D eigenvalue weighted by molar-refractivity contribution is -0.118. The Balaban J connectivity index is 1.88. The molecular weight excluding hydrogens is 289 g/mol. The van der Waals surface area contributed by atoms with Gasteiger partial charge in [0.1, 0.15) is 23.5 Å². The van der Waals surface area contributed by atoms with Crippen LogP contribution in [0.4, 0.5) is 4.39 Å². The maximum absolute atomic E-state index is 13.6. The highest BCUT2D eigenvalue weighted by atomic mass is 32.2. The minimum Gasteiger partial charge on any atom is -0.490 e. The van der Waals surface area contributed by atoms with Gasteiger partial charge in [0.2, 0.25) is 0 Å². The summed E-state index contributed by atoms with van der Waals surface area (Å²) in [6.07, 6.45) is 5.61. The summed E-state index contributed by atoms with van der Waals surface area (Å²) in [6, 6.07) is 5.23. The summed E-state index contributed by atoms with van der Waals surface area (Å²) in [5.41, 5.74) is 0.824. The number of halogens is 1. The van der Waals surface area contributed by atoms with Crippen LogP contribution in [0.1, 0.15) is 38.2 Å². The maximum Gasteiger partial charge on any atom is 0.132 e. The van der Waals surface area contributed by atoms with Crippen LogP contribution in [0.25, 0.3) is 0 Å². The van der Waals surface area contributed by atoms with Crippen LogP contribution in [0.5, 0.6) is 5.75 Å². The van der Waals surface area contributed by atoms with E-state index in [4.69, 9.17) is 4.74 Å². The van der Waals surface area contributed by atoms with E-state index in [1.807, 2.05) is 19.2 Å². The van der Waals surface area contributed by atoms with E-state index in [0.29, 0.717) is 31.1 Å². The summed E-state index contributed by atoms with van der Waals surface area (Å²) < 4.78 is 22.7. The van der Waals surface area contributed by atoms with E-state index >= 15 is 0 Å². The lowest BCUT2D eigenvalue weighted by Gasteiger charge is -2.35. The fraction of sp³-hybridized carbons (Fsp3) is 0.562. The summed E-state index contributed by atoms with van der Waals surface area (Å²) in [6.45, 7) is 1.85. The van der Waals surface area contributed by atoms with Crippen molar-refractivity contribution >= 4 is 17.7 Å². The predicted octanol–water partition coefficient (Wildman–Crippen LogP) is 3.51. The molecule has 1 aromatic carbocycles. The number of benzene rings is 1. The molecule has 0 unspecified atom stereocenters. The number of ether oxygens (including phenoxy) is 1. The van der Waals surface area contributed by atoms with Crippen molar-refractivity contribution in [1.29, 1.82) is 0 Å². The molecule has 1 fully saturated rings. The van der Waals surface area contributed by atoms with Gasteiger partial charge >= 0.3 is 0 Å². The van der Waals surface area contributed by atoms with Crippen molar-refractivity contribution in [1.82, 2.24) is 4.72 Å². The quantitative estimate of drug-likeness (QED) is 0.746. The third-order valence-electron chi connectivity index (χ3n) is 3.70. The number of Topliss-reactive ketones (excluding diaryl/α,β-unsaturated/α-hetero) is 1. The first-order valence-corrected chi connectivity index (χ1v) is 8.59. The molecule has 0 heterocycles. The standard InChI is InChI=1S/C16H22FNO2S/c1-3-14(19)5-4-11-6-12(17)8-15(7-11)20-16-9-13(10-16)18-21-2/h6-8,13,16,18H,3-5,9-10H2,1-2H3. The van der Waals surface area contributed by atoms with E-state index < -0.39 is 0 Å². The van der Waals surface area contributed by atoms with E-state index in [1.54, 1.807) is 11.9 Å². The highest BCUT2D eigenvalue weighted by molar-refractivity contribution is 7.96. The van der Waals surface area contributed by atoms with Gasteiger partial charge in [-0.2, -0.15) is 0 Å². The Morgan fingerprint density at radius 1 is 1.43 bits per heavy atom. The Hall–Kier alpha value is -1.07. The summed E-state index contributed by atoms with van der Waals surface area (Å²) >= 11 is 1.61. The van der Waals surface area contributed by atoms with E-state index in [2.05, 4.69) is 4.72 Å². The van der Waals surface area contributed by atoms with Gasteiger partial charge in [-0.25, -0.2) is 4.39 Å². The van der Waals surface area contributed by atoms with Crippen molar-refractivity contribution in [3.05, 3.63) is 29.6 Å². The minimum absolute atomic E-state index is 0.154. The third kappa shape index (κ3) is 5.00. The molecular formula is C16H22FNO2S. The molecule has 0 spiro atoms. The number of ketones is 1. The SMILES string of the molecule is CCC(=O)CCc1cc(F)cc(OC2CC(NSC)C2)c1. The van der Waals surface area contributed by atoms with E-state index in [-0.39, 0.29) is 17.7 Å². The van der Waals surface area contributed by atoms with Crippen molar-refractivity contribution < 1.29 is 13.9 Å². The molecule has 0 radical (unpaired) electrons. The number of carbonyl (C=O) groups is 1. The lowest BCUT2D eigenvalue weighted by atomic mass is 9.90. The molecule has 0 bridgehead atoms. The number of nitrogens with one attached hydrogen (secondary N) is 1. The molecule has 1 aliphatic carbocycles. The van der Waals surface area contributed by atoms with E-state index in [1.165, 1.54) is 12.1 Å². The van der Waals surface area contributed by atoms with Gasteiger partial charge in [0, 0.05) is 37.8 Å². The monoisotopic (exact) mass is 311 g/mol. The maximum atomic E-state index is 13.6. The summed E-state index contributed by atoms with van der Waals surface area (Å²) in [5.74, 6) is 0.470. The molecule has 0 aromatic heterocycles. The molecule has 116 valence electrons. The molecule has 1 N–H and O–H groups in total. The van der Waals surface area contributed by atoms with Crippen LogP contribution in [0.2, 0.25) is 0 Å². The predicted molar refractivity (Wildman–Crippen MR) is 84.1 cm³/mol. The van der Waals surface area contributed by atoms with Crippen LogP contribution in [0.15, 0.2) is 18.2 Å². The molecule has 1 saturated carbocycles. The van der Waals surface area contributed by atoms with Crippen LogP contribution >= 0.6 is 11.9 Å². The molecule has 1 aromatic rings. The summed E-state index contributed by atoms with van der Waals surface area (Å²) in [7, 11) is 0. The Kier molecular flexibility index (Phi) is 6.06. The van der Waals surface area contributed by atoms with Crippen molar-refractivity contribution in [2.75, 3.05) is 6.26 Å². The average Bonchev–Trinajstić information content (AvgIpc) is 2.42. The second-order valence-corrected chi connectivity index (χ2v) is 6.06. The first kappa shape index (κ1) is 16.3. The zero-order valence-corrected chi connectivity index (χ0v) is 13.3. The zero-order valence-electron chi connectivity index (χ0n) is 12.5. The topological polar surface area (TPSA) is 38.3 Å². The van der Waals surface area contributed by atoms with Gasteiger partial charge in [0.25, 0.3) is 0 Å². The highest BCUT2D eigenvalue weighted by Gasteiger charge is 2.30. The Morgan fingerprint density at radius 2 is 2.19 bits per heavy atom. The number of hydrogen-bond donors (Lipinski definition) is 1. The van der Waals surface area contributed by atoms with Gasteiger partial charge in [0.05, 0.1) is 0 Å². The van der Waals surface area contributed by atoms with Crippen LogP contribution in [-0.2, 0) is 11.2 Å². The number of hydrogen-bond acceptors (Lipinski definition) is 4. The summed E-state index contributed by atoms with van der Waals surface area (Å²) in [5, 5.41) is 0. The van der Waals surface area contributed by atoms with Gasteiger partial charge in [0.15, 0.2) is 0 Å². The lowest BCUT2D eigenvalue weighted by Crippen LogP contribution is -2.44. The van der Waals surface area contributed by atoms with Crippen molar-refractivity contribution in [2.45, 2.75) is 51.2 Å². The largest absolute Gasteiger partial charge is 0.490 e. The fourth-order valence-electron chi connectivity index (χ4n) is 2.41. The molecule has 5 heteroatoms. The molecule has 3 nitrogen and oxygen atoms in total.